The van der Waals surface area contributed by atoms with E-state index in [-0.39, 0.29) is 0 Å². The molecular formula is C22H16N2. The van der Waals surface area contributed by atoms with Crippen LogP contribution in [0.2, 0.25) is 0 Å². The third-order valence-corrected chi connectivity index (χ3v) is 4.35. The molecule has 0 unspecified atom stereocenters. The van der Waals surface area contributed by atoms with E-state index in [1.807, 2.05) is 12.1 Å². The molecule has 0 amide bonds. The number of allylic oxidation sites excluding steroid dienone is 1. The van der Waals surface area contributed by atoms with Crippen molar-refractivity contribution in [1.29, 1.82) is 5.26 Å². The largest absolute Gasteiger partial charge is 0.354 e. The van der Waals surface area contributed by atoms with E-state index < -0.39 is 0 Å². The zero-order valence-corrected chi connectivity index (χ0v) is 13.4. The Morgan fingerprint density at radius 3 is 2.54 bits per heavy atom. The Kier molecular flexibility index (Phi) is 3.40. The number of rotatable bonds is 2. The van der Waals surface area contributed by atoms with Crippen LogP contribution >= 0.6 is 0 Å². The minimum absolute atomic E-state index is 1.03. The van der Waals surface area contributed by atoms with Crippen molar-refractivity contribution >= 4 is 27.9 Å². The Bertz CT molecular complexity index is 1110. The predicted molar refractivity (Wildman–Crippen MR) is 101 cm³/mol. The zero-order valence-electron chi connectivity index (χ0n) is 13.4. The van der Waals surface area contributed by atoms with Gasteiger partial charge < -0.3 is 4.98 Å². The summed E-state index contributed by atoms with van der Waals surface area (Å²) in [6.45, 7) is 2.09. The molecule has 0 fully saturated rings. The first-order valence-electron chi connectivity index (χ1n) is 7.94. The second-order valence-electron chi connectivity index (χ2n) is 5.99. The molecule has 24 heavy (non-hydrogen) atoms. The van der Waals surface area contributed by atoms with Crippen LogP contribution in [0.3, 0.4) is 0 Å². The Morgan fingerprint density at radius 2 is 1.75 bits per heavy atom. The first-order chi connectivity index (χ1) is 11.8. The van der Waals surface area contributed by atoms with Crippen molar-refractivity contribution in [3.05, 3.63) is 77.9 Å². The monoisotopic (exact) mass is 308 g/mol. The number of aryl methyl sites for hydroxylation is 1. The first kappa shape index (κ1) is 14.3. The average Bonchev–Trinajstić information content (AvgIpc) is 2.99. The fraction of sp³-hybridized carbons (Fsp3) is 0.0455. The number of H-pyrrole nitrogens is 1. The number of nitrogens with zero attached hydrogens (tertiary/aromatic N) is 1. The summed E-state index contributed by atoms with van der Waals surface area (Å²) in [4.78, 5) is 3.55. The molecule has 1 aromatic heterocycles. The van der Waals surface area contributed by atoms with Gasteiger partial charge in [-0.15, -0.1) is 0 Å². The highest BCUT2D eigenvalue weighted by Gasteiger charge is 2.11. The number of hydrogen-bond acceptors (Lipinski definition) is 1. The normalized spacial score (nSPS) is 11.3. The zero-order chi connectivity index (χ0) is 16.5. The SMILES string of the molecule is Cc1ccc(-c2cc(C=CC#N)cc3c2[nH]c2ccccc23)cc1. The van der Waals surface area contributed by atoms with E-state index in [2.05, 4.69) is 72.6 Å². The highest BCUT2D eigenvalue weighted by atomic mass is 14.7. The summed E-state index contributed by atoms with van der Waals surface area (Å²) >= 11 is 0. The smallest absolute Gasteiger partial charge is 0.0912 e. The number of benzene rings is 3. The fourth-order valence-electron chi connectivity index (χ4n) is 3.16. The molecular weight excluding hydrogens is 292 g/mol. The molecule has 0 atom stereocenters. The van der Waals surface area contributed by atoms with Crippen molar-refractivity contribution in [2.45, 2.75) is 6.92 Å². The number of para-hydroxylation sites is 1. The van der Waals surface area contributed by atoms with Crippen molar-refractivity contribution in [2.24, 2.45) is 0 Å². The van der Waals surface area contributed by atoms with Crippen LogP contribution in [0.25, 0.3) is 39.0 Å². The van der Waals surface area contributed by atoms with Gasteiger partial charge in [0.2, 0.25) is 0 Å². The summed E-state index contributed by atoms with van der Waals surface area (Å²) in [6, 6.07) is 23.2. The topological polar surface area (TPSA) is 39.6 Å². The maximum absolute atomic E-state index is 8.85. The number of fused-ring (bicyclic) bond motifs is 3. The minimum Gasteiger partial charge on any atom is -0.354 e. The molecule has 0 bridgehead atoms. The number of nitriles is 1. The Hall–Kier alpha value is -3.31. The van der Waals surface area contributed by atoms with E-state index in [1.54, 1.807) is 0 Å². The predicted octanol–water partition coefficient (Wildman–Crippen LogP) is 5.83. The maximum Gasteiger partial charge on any atom is 0.0912 e. The van der Waals surface area contributed by atoms with Crippen molar-refractivity contribution in [2.75, 3.05) is 0 Å². The molecule has 0 aliphatic carbocycles. The fourth-order valence-corrected chi connectivity index (χ4v) is 3.16. The van der Waals surface area contributed by atoms with Crippen molar-refractivity contribution in [3.8, 4) is 17.2 Å². The maximum atomic E-state index is 8.85. The molecule has 0 saturated heterocycles. The van der Waals surface area contributed by atoms with Gasteiger partial charge in [-0.2, -0.15) is 5.26 Å². The van der Waals surface area contributed by atoms with E-state index in [0.717, 1.165) is 22.2 Å². The van der Waals surface area contributed by atoms with Crippen molar-refractivity contribution in [3.63, 3.8) is 0 Å². The lowest BCUT2D eigenvalue weighted by atomic mass is 9.98. The Balaban J connectivity index is 2.07. The molecule has 4 aromatic rings. The summed E-state index contributed by atoms with van der Waals surface area (Å²) < 4.78 is 0. The van der Waals surface area contributed by atoms with Gasteiger partial charge in [-0.1, -0.05) is 48.0 Å². The number of hydrogen-bond donors (Lipinski definition) is 1. The average molecular weight is 308 g/mol. The molecule has 3 aromatic carbocycles. The number of aromatic amines is 1. The van der Waals surface area contributed by atoms with E-state index >= 15 is 0 Å². The third-order valence-electron chi connectivity index (χ3n) is 4.35. The number of nitrogens with one attached hydrogen (secondary N) is 1. The number of aromatic nitrogens is 1. The molecule has 0 aliphatic rings. The van der Waals surface area contributed by atoms with Gasteiger partial charge in [0.25, 0.3) is 0 Å². The molecule has 0 spiro atoms. The van der Waals surface area contributed by atoms with E-state index in [9.17, 15) is 0 Å². The molecule has 114 valence electrons. The van der Waals surface area contributed by atoms with E-state index in [4.69, 9.17) is 5.26 Å². The molecule has 0 saturated carbocycles. The van der Waals surface area contributed by atoms with Gasteiger partial charge >= 0.3 is 0 Å². The molecule has 1 heterocycles. The summed E-state index contributed by atoms with van der Waals surface area (Å²) in [5.74, 6) is 0. The lowest BCUT2D eigenvalue weighted by molar-refractivity contribution is 1.46. The van der Waals surface area contributed by atoms with Gasteiger partial charge in [0, 0.05) is 27.9 Å². The summed E-state index contributed by atoms with van der Waals surface area (Å²) in [5.41, 5.74) is 6.86. The minimum atomic E-state index is 1.03. The summed E-state index contributed by atoms with van der Waals surface area (Å²) in [7, 11) is 0. The van der Waals surface area contributed by atoms with Crippen molar-refractivity contribution in [1.82, 2.24) is 4.98 Å². The van der Waals surface area contributed by atoms with Crippen LogP contribution < -0.4 is 0 Å². The highest BCUT2D eigenvalue weighted by Crippen LogP contribution is 2.34. The Morgan fingerprint density at radius 1 is 0.958 bits per heavy atom. The van der Waals surface area contributed by atoms with Gasteiger partial charge in [-0.3, -0.25) is 0 Å². The van der Waals surface area contributed by atoms with E-state index in [0.29, 0.717) is 0 Å². The standard InChI is InChI=1S/C22H16N2/c1-15-8-10-17(11-9-15)19-13-16(5-4-12-23)14-20-18-6-2-3-7-21(18)24-22(19)20/h2-11,13-14,24H,1H3. The van der Waals surface area contributed by atoms with Gasteiger partial charge in [-0.25, -0.2) is 0 Å². The quantitative estimate of drug-likeness (QED) is 0.465. The van der Waals surface area contributed by atoms with Gasteiger partial charge in [0.1, 0.15) is 0 Å². The third kappa shape index (κ3) is 2.37. The second-order valence-corrected chi connectivity index (χ2v) is 5.99. The lowest BCUT2D eigenvalue weighted by Gasteiger charge is -2.07. The van der Waals surface area contributed by atoms with Crippen LogP contribution in [0.1, 0.15) is 11.1 Å². The van der Waals surface area contributed by atoms with Crippen LogP contribution in [-0.4, -0.2) is 4.98 Å². The molecule has 2 nitrogen and oxygen atoms in total. The van der Waals surface area contributed by atoms with Crippen LogP contribution in [0.15, 0.2) is 66.7 Å². The van der Waals surface area contributed by atoms with Crippen LogP contribution in [0, 0.1) is 18.3 Å². The molecule has 2 heteroatoms. The van der Waals surface area contributed by atoms with Crippen LogP contribution in [-0.2, 0) is 0 Å². The summed E-state index contributed by atoms with van der Waals surface area (Å²) in [5, 5.41) is 11.2. The summed E-state index contributed by atoms with van der Waals surface area (Å²) in [6.07, 6.45) is 3.38. The van der Waals surface area contributed by atoms with Gasteiger partial charge in [-0.05, 0) is 42.3 Å². The van der Waals surface area contributed by atoms with Gasteiger partial charge in [0.05, 0.1) is 11.6 Å². The molecule has 0 radical (unpaired) electrons. The van der Waals surface area contributed by atoms with Crippen LogP contribution in [0.5, 0.6) is 0 Å². The van der Waals surface area contributed by atoms with Crippen LogP contribution in [0.4, 0.5) is 0 Å². The first-order valence-corrected chi connectivity index (χ1v) is 7.94. The molecule has 4 rings (SSSR count). The second kappa shape index (κ2) is 5.72. The highest BCUT2D eigenvalue weighted by molar-refractivity contribution is 6.12. The Labute approximate surface area is 140 Å². The van der Waals surface area contributed by atoms with E-state index in [1.165, 1.54) is 28.0 Å². The molecule has 1 N–H and O–H groups in total. The van der Waals surface area contributed by atoms with Crippen molar-refractivity contribution < 1.29 is 0 Å². The molecule has 0 aliphatic heterocycles. The lowest BCUT2D eigenvalue weighted by Crippen LogP contribution is -1.84. The van der Waals surface area contributed by atoms with Gasteiger partial charge in [0.15, 0.2) is 0 Å².